The van der Waals surface area contributed by atoms with Gasteiger partial charge in [0.05, 0.1) is 0 Å². The van der Waals surface area contributed by atoms with Gasteiger partial charge in [0.15, 0.2) is 0 Å². The van der Waals surface area contributed by atoms with Crippen LogP contribution >= 0.6 is 0 Å². The van der Waals surface area contributed by atoms with Crippen molar-refractivity contribution in [3.8, 4) is 0 Å². The summed E-state index contributed by atoms with van der Waals surface area (Å²) < 4.78 is 5.22. The standard InChI is InChI=1S/C9H14N2O3/c12-8-6(3-4-10-8)11-9(13)7-2-1-5-14-7/h6-7H,1-5H2,(H,10,12)(H,11,13)/t6?,7-/m1/s1. The Morgan fingerprint density at radius 2 is 2.36 bits per heavy atom. The number of hydrogen-bond donors (Lipinski definition) is 2. The highest BCUT2D eigenvalue weighted by Crippen LogP contribution is 2.12. The second-order valence-electron chi connectivity index (χ2n) is 3.64. The average Bonchev–Trinajstić information content (AvgIpc) is 2.77. The van der Waals surface area contributed by atoms with Crippen molar-refractivity contribution in [2.24, 2.45) is 0 Å². The van der Waals surface area contributed by atoms with E-state index in [2.05, 4.69) is 10.6 Å². The van der Waals surface area contributed by atoms with E-state index in [9.17, 15) is 9.59 Å². The molecule has 0 saturated carbocycles. The van der Waals surface area contributed by atoms with Crippen LogP contribution in [0.2, 0.25) is 0 Å². The number of rotatable bonds is 2. The third kappa shape index (κ3) is 1.87. The first kappa shape index (κ1) is 9.45. The molecule has 2 saturated heterocycles. The Hall–Kier alpha value is -1.10. The van der Waals surface area contributed by atoms with Gasteiger partial charge in [0.2, 0.25) is 11.8 Å². The van der Waals surface area contributed by atoms with Crippen LogP contribution in [0.25, 0.3) is 0 Å². The van der Waals surface area contributed by atoms with Crippen molar-refractivity contribution in [2.75, 3.05) is 13.2 Å². The van der Waals surface area contributed by atoms with Gasteiger partial charge in [-0.3, -0.25) is 9.59 Å². The zero-order valence-electron chi connectivity index (χ0n) is 7.91. The lowest BCUT2D eigenvalue weighted by Crippen LogP contribution is -2.44. The molecule has 0 spiro atoms. The predicted molar refractivity (Wildman–Crippen MR) is 48.5 cm³/mol. The Morgan fingerprint density at radius 3 is 2.93 bits per heavy atom. The summed E-state index contributed by atoms with van der Waals surface area (Å²) in [5.41, 5.74) is 0. The Kier molecular flexibility index (Phi) is 2.67. The van der Waals surface area contributed by atoms with Gasteiger partial charge in [-0.15, -0.1) is 0 Å². The number of nitrogens with one attached hydrogen (secondary N) is 2. The molecule has 2 amide bonds. The molecule has 78 valence electrons. The number of ether oxygens (including phenoxy) is 1. The first-order valence-corrected chi connectivity index (χ1v) is 4.97. The SMILES string of the molecule is O=C1NCCC1NC(=O)[C@H]1CCCO1. The number of carbonyl (C=O) groups is 2. The van der Waals surface area contributed by atoms with Crippen LogP contribution < -0.4 is 10.6 Å². The molecule has 2 heterocycles. The molecular weight excluding hydrogens is 184 g/mol. The molecule has 2 fully saturated rings. The Balaban J connectivity index is 1.84. The molecule has 14 heavy (non-hydrogen) atoms. The van der Waals surface area contributed by atoms with Crippen LogP contribution in [0.3, 0.4) is 0 Å². The van der Waals surface area contributed by atoms with Gasteiger partial charge in [-0.2, -0.15) is 0 Å². The van der Waals surface area contributed by atoms with Crippen molar-refractivity contribution >= 4 is 11.8 Å². The molecule has 1 unspecified atom stereocenters. The molecule has 0 aliphatic carbocycles. The quantitative estimate of drug-likeness (QED) is 0.608. The van der Waals surface area contributed by atoms with Crippen LogP contribution in [0.1, 0.15) is 19.3 Å². The van der Waals surface area contributed by atoms with Crippen LogP contribution in [0, 0.1) is 0 Å². The Bertz CT molecular complexity index is 248. The number of carbonyl (C=O) groups excluding carboxylic acids is 2. The van der Waals surface area contributed by atoms with E-state index < -0.39 is 0 Å². The molecule has 0 aromatic carbocycles. The highest BCUT2D eigenvalue weighted by molar-refractivity contribution is 5.90. The topological polar surface area (TPSA) is 67.4 Å². The summed E-state index contributed by atoms with van der Waals surface area (Å²) in [4.78, 5) is 22.7. The average molecular weight is 198 g/mol. The first-order valence-electron chi connectivity index (χ1n) is 4.97. The summed E-state index contributed by atoms with van der Waals surface area (Å²) in [6, 6.07) is -0.355. The van der Waals surface area contributed by atoms with E-state index in [1.54, 1.807) is 0 Å². The van der Waals surface area contributed by atoms with Gasteiger partial charge in [-0.05, 0) is 19.3 Å². The van der Waals surface area contributed by atoms with Gasteiger partial charge in [0.25, 0.3) is 0 Å². The Labute approximate surface area is 82.2 Å². The second kappa shape index (κ2) is 3.96. The summed E-state index contributed by atoms with van der Waals surface area (Å²) in [5, 5.41) is 5.37. The normalized spacial score (nSPS) is 31.6. The van der Waals surface area contributed by atoms with Crippen LogP contribution in [0.15, 0.2) is 0 Å². The molecule has 0 radical (unpaired) electrons. The van der Waals surface area contributed by atoms with Gasteiger partial charge in [-0.1, -0.05) is 0 Å². The highest BCUT2D eigenvalue weighted by Gasteiger charge is 2.30. The summed E-state index contributed by atoms with van der Waals surface area (Å²) in [5.74, 6) is -0.235. The maximum Gasteiger partial charge on any atom is 0.249 e. The van der Waals surface area contributed by atoms with E-state index in [-0.39, 0.29) is 24.0 Å². The fraction of sp³-hybridized carbons (Fsp3) is 0.778. The molecular formula is C9H14N2O3. The van der Waals surface area contributed by atoms with E-state index in [4.69, 9.17) is 4.74 Å². The number of amides is 2. The summed E-state index contributed by atoms with van der Waals surface area (Å²) in [6.07, 6.45) is 2.02. The first-order chi connectivity index (χ1) is 6.77. The van der Waals surface area contributed by atoms with E-state index in [1.807, 2.05) is 0 Å². The fourth-order valence-electron chi connectivity index (χ4n) is 1.78. The van der Waals surface area contributed by atoms with Crippen molar-refractivity contribution < 1.29 is 14.3 Å². The minimum Gasteiger partial charge on any atom is -0.368 e. The van der Waals surface area contributed by atoms with Crippen molar-refractivity contribution in [1.82, 2.24) is 10.6 Å². The highest BCUT2D eigenvalue weighted by atomic mass is 16.5. The van der Waals surface area contributed by atoms with Crippen LogP contribution in [-0.2, 0) is 14.3 Å². The molecule has 0 bridgehead atoms. The molecule has 2 aliphatic rings. The second-order valence-corrected chi connectivity index (χ2v) is 3.64. The zero-order chi connectivity index (χ0) is 9.97. The van der Waals surface area contributed by atoms with Crippen molar-refractivity contribution in [1.29, 1.82) is 0 Å². The molecule has 2 atom stereocenters. The van der Waals surface area contributed by atoms with E-state index in [0.29, 0.717) is 19.6 Å². The van der Waals surface area contributed by atoms with E-state index in [1.165, 1.54) is 0 Å². The van der Waals surface area contributed by atoms with Crippen molar-refractivity contribution in [3.63, 3.8) is 0 Å². The maximum atomic E-state index is 11.5. The monoisotopic (exact) mass is 198 g/mol. The van der Waals surface area contributed by atoms with Gasteiger partial charge >= 0.3 is 0 Å². The Morgan fingerprint density at radius 1 is 1.50 bits per heavy atom. The van der Waals surface area contributed by atoms with Gasteiger partial charge in [0, 0.05) is 13.2 Å². The lowest BCUT2D eigenvalue weighted by Gasteiger charge is -2.13. The summed E-state index contributed by atoms with van der Waals surface area (Å²) >= 11 is 0. The largest absolute Gasteiger partial charge is 0.368 e. The fourth-order valence-corrected chi connectivity index (χ4v) is 1.78. The minimum absolute atomic E-state index is 0.0867. The molecule has 2 rings (SSSR count). The molecule has 2 N–H and O–H groups in total. The summed E-state index contributed by atoms with van der Waals surface area (Å²) in [7, 11) is 0. The van der Waals surface area contributed by atoms with Crippen molar-refractivity contribution in [2.45, 2.75) is 31.4 Å². The zero-order valence-corrected chi connectivity index (χ0v) is 7.91. The molecule has 5 heteroatoms. The van der Waals surface area contributed by atoms with Gasteiger partial charge in [-0.25, -0.2) is 0 Å². The minimum atomic E-state index is -0.355. The molecule has 2 aliphatic heterocycles. The third-order valence-electron chi connectivity index (χ3n) is 2.59. The number of hydrogen-bond acceptors (Lipinski definition) is 3. The van der Waals surface area contributed by atoms with Crippen LogP contribution in [0.4, 0.5) is 0 Å². The van der Waals surface area contributed by atoms with Gasteiger partial charge < -0.3 is 15.4 Å². The molecule has 0 aromatic rings. The maximum absolute atomic E-state index is 11.5. The molecule has 0 aromatic heterocycles. The van der Waals surface area contributed by atoms with E-state index >= 15 is 0 Å². The van der Waals surface area contributed by atoms with Crippen LogP contribution in [0.5, 0.6) is 0 Å². The lowest BCUT2D eigenvalue weighted by atomic mass is 10.2. The predicted octanol–water partition coefficient (Wildman–Crippen LogP) is -0.830. The molecule has 5 nitrogen and oxygen atoms in total. The van der Waals surface area contributed by atoms with Gasteiger partial charge in [0.1, 0.15) is 12.1 Å². The summed E-state index contributed by atoms with van der Waals surface area (Å²) in [6.45, 7) is 1.30. The van der Waals surface area contributed by atoms with Crippen LogP contribution in [-0.4, -0.2) is 37.1 Å². The third-order valence-corrected chi connectivity index (χ3v) is 2.59. The van der Waals surface area contributed by atoms with E-state index in [0.717, 1.165) is 12.8 Å². The van der Waals surface area contributed by atoms with Crippen molar-refractivity contribution in [3.05, 3.63) is 0 Å². The smallest absolute Gasteiger partial charge is 0.249 e. The lowest BCUT2D eigenvalue weighted by molar-refractivity contribution is -0.133.